The molecule has 1 fully saturated rings. The van der Waals surface area contributed by atoms with Gasteiger partial charge in [0.2, 0.25) is 0 Å². The van der Waals surface area contributed by atoms with Crippen LogP contribution < -0.4 is 4.74 Å². The van der Waals surface area contributed by atoms with E-state index in [9.17, 15) is 4.79 Å². The highest BCUT2D eigenvalue weighted by molar-refractivity contribution is 9.10. The van der Waals surface area contributed by atoms with E-state index < -0.39 is 6.10 Å². The molecule has 0 aliphatic heterocycles. The maximum atomic E-state index is 12.9. The van der Waals surface area contributed by atoms with E-state index in [-0.39, 0.29) is 5.91 Å². The lowest BCUT2D eigenvalue weighted by Crippen LogP contribution is -2.41. The molecule has 25 heavy (non-hydrogen) atoms. The van der Waals surface area contributed by atoms with Crippen molar-refractivity contribution in [2.45, 2.75) is 38.5 Å². The Bertz CT molecular complexity index is 811. The van der Waals surface area contributed by atoms with Crippen LogP contribution in [-0.4, -0.2) is 23.0 Å². The van der Waals surface area contributed by atoms with Crippen molar-refractivity contribution < 1.29 is 9.53 Å². The van der Waals surface area contributed by atoms with E-state index in [2.05, 4.69) is 22.0 Å². The molecule has 0 N–H and O–H groups in total. The van der Waals surface area contributed by atoms with Gasteiger partial charge in [-0.3, -0.25) is 4.79 Å². The topological polar surface area (TPSA) is 53.3 Å². The van der Waals surface area contributed by atoms with Crippen LogP contribution in [0.5, 0.6) is 5.75 Å². The summed E-state index contributed by atoms with van der Waals surface area (Å²) >= 11 is 3.47. The Morgan fingerprint density at radius 3 is 2.76 bits per heavy atom. The summed E-state index contributed by atoms with van der Waals surface area (Å²) in [6, 6.07) is 17.3. The molecule has 3 rings (SSSR count). The molecule has 1 aliphatic carbocycles. The molecule has 5 heteroatoms. The summed E-state index contributed by atoms with van der Waals surface area (Å²) in [4.78, 5) is 14.8. The first-order valence-corrected chi connectivity index (χ1v) is 9.08. The Kier molecular flexibility index (Phi) is 5.40. The summed E-state index contributed by atoms with van der Waals surface area (Å²) in [5, 5.41) is 8.98. The molecule has 1 unspecified atom stereocenters. The van der Waals surface area contributed by atoms with Crippen LogP contribution in [0.15, 0.2) is 53.0 Å². The minimum atomic E-state index is -0.596. The van der Waals surface area contributed by atoms with Gasteiger partial charge in [0.1, 0.15) is 5.75 Å². The van der Waals surface area contributed by atoms with E-state index >= 15 is 0 Å². The molecule has 0 radical (unpaired) electrons. The van der Waals surface area contributed by atoms with Gasteiger partial charge in [-0.05, 0) is 55.7 Å². The minimum absolute atomic E-state index is 0.0233. The monoisotopic (exact) mass is 398 g/mol. The molecule has 2 aromatic carbocycles. The van der Waals surface area contributed by atoms with Gasteiger partial charge < -0.3 is 9.64 Å². The number of carbonyl (C=O) groups is 1. The Morgan fingerprint density at radius 1 is 1.32 bits per heavy atom. The zero-order valence-corrected chi connectivity index (χ0v) is 15.6. The SMILES string of the molecule is CC(Oc1cccc(C#N)c1)C(=O)N(Cc1cccc(Br)c1)C1CC1. The second-order valence-electron chi connectivity index (χ2n) is 6.23. The number of carbonyl (C=O) groups excluding carboxylic acids is 1. The van der Waals surface area contributed by atoms with Crippen LogP contribution in [0.4, 0.5) is 0 Å². The summed E-state index contributed by atoms with van der Waals surface area (Å²) in [6.45, 7) is 2.34. The molecular weight excluding hydrogens is 380 g/mol. The van der Waals surface area contributed by atoms with Crippen molar-refractivity contribution in [1.29, 1.82) is 5.26 Å². The molecule has 1 saturated carbocycles. The fourth-order valence-electron chi connectivity index (χ4n) is 2.73. The molecule has 1 atom stereocenters. The first-order valence-electron chi connectivity index (χ1n) is 8.28. The number of nitriles is 1. The maximum absolute atomic E-state index is 12.9. The second-order valence-corrected chi connectivity index (χ2v) is 7.14. The normalized spacial score (nSPS) is 14.4. The van der Waals surface area contributed by atoms with Crippen LogP contribution in [0.25, 0.3) is 0 Å². The van der Waals surface area contributed by atoms with Gasteiger partial charge in [0.15, 0.2) is 6.10 Å². The van der Waals surface area contributed by atoms with Gasteiger partial charge in [-0.15, -0.1) is 0 Å². The van der Waals surface area contributed by atoms with Crippen LogP contribution in [0.1, 0.15) is 30.9 Å². The summed E-state index contributed by atoms with van der Waals surface area (Å²) in [5.41, 5.74) is 1.61. The summed E-state index contributed by atoms with van der Waals surface area (Å²) in [7, 11) is 0. The molecule has 1 aliphatic rings. The molecule has 4 nitrogen and oxygen atoms in total. The molecule has 0 aromatic heterocycles. The first kappa shape index (κ1) is 17.5. The average Bonchev–Trinajstić information content (AvgIpc) is 3.44. The number of rotatable bonds is 6. The van der Waals surface area contributed by atoms with Crippen molar-refractivity contribution >= 4 is 21.8 Å². The quantitative estimate of drug-likeness (QED) is 0.729. The number of benzene rings is 2. The van der Waals surface area contributed by atoms with Gasteiger partial charge in [0.05, 0.1) is 11.6 Å². The molecule has 128 valence electrons. The van der Waals surface area contributed by atoms with Crippen molar-refractivity contribution in [3.63, 3.8) is 0 Å². The van der Waals surface area contributed by atoms with Gasteiger partial charge >= 0.3 is 0 Å². The fourth-order valence-corrected chi connectivity index (χ4v) is 3.18. The number of hydrogen-bond donors (Lipinski definition) is 0. The van der Waals surface area contributed by atoms with Gasteiger partial charge in [0.25, 0.3) is 5.91 Å². The highest BCUT2D eigenvalue weighted by Crippen LogP contribution is 2.30. The van der Waals surface area contributed by atoms with E-state index in [1.165, 1.54) is 0 Å². The molecule has 0 bridgehead atoms. The molecule has 0 saturated heterocycles. The second kappa shape index (κ2) is 7.71. The van der Waals surface area contributed by atoms with Crippen molar-refractivity contribution in [2.24, 2.45) is 0 Å². The largest absolute Gasteiger partial charge is 0.481 e. The van der Waals surface area contributed by atoms with Crippen LogP contribution in [0, 0.1) is 11.3 Å². The van der Waals surface area contributed by atoms with Gasteiger partial charge in [-0.2, -0.15) is 5.26 Å². The molecule has 2 aromatic rings. The van der Waals surface area contributed by atoms with Gasteiger partial charge in [-0.1, -0.05) is 34.1 Å². The van der Waals surface area contributed by atoms with Crippen molar-refractivity contribution in [3.8, 4) is 11.8 Å². The van der Waals surface area contributed by atoms with E-state index in [0.29, 0.717) is 23.9 Å². The van der Waals surface area contributed by atoms with Crippen LogP contribution in [0.3, 0.4) is 0 Å². The fraction of sp³-hybridized carbons (Fsp3) is 0.300. The highest BCUT2D eigenvalue weighted by atomic mass is 79.9. The number of amides is 1. The smallest absolute Gasteiger partial charge is 0.263 e. The minimum Gasteiger partial charge on any atom is -0.481 e. The van der Waals surface area contributed by atoms with Crippen molar-refractivity contribution in [1.82, 2.24) is 4.90 Å². The molecule has 1 amide bonds. The Balaban J connectivity index is 1.70. The van der Waals surface area contributed by atoms with E-state index in [0.717, 1.165) is 22.9 Å². The van der Waals surface area contributed by atoms with E-state index in [4.69, 9.17) is 10.00 Å². The van der Waals surface area contributed by atoms with Gasteiger partial charge in [-0.25, -0.2) is 0 Å². The van der Waals surface area contributed by atoms with Crippen LogP contribution >= 0.6 is 15.9 Å². The third-order valence-electron chi connectivity index (χ3n) is 4.14. The lowest BCUT2D eigenvalue weighted by atomic mass is 10.2. The predicted octanol–water partition coefficient (Wildman–Crippen LogP) is 4.28. The molecule has 0 heterocycles. The van der Waals surface area contributed by atoms with Crippen molar-refractivity contribution in [3.05, 3.63) is 64.1 Å². The van der Waals surface area contributed by atoms with Gasteiger partial charge in [0, 0.05) is 17.1 Å². The third kappa shape index (κ3) is 4.61. The maximum Gasteiger partial charge on any atom is 0.263 e. The Labute approximate surface area is 156 Å². The Hall–Kier alpha value is -2.32. The summed E-state index contributed by atoms with van der Waals surface area (Å²) in [5.74, 6) is 0.517. The van der Waals surface area contributed by atoms with Crippen molar-refractivity contribution in [2.75, 3.05) is 0 Å². The number of ether oxygens (including phenoxy) is 1. The number of nitrogens with zero attached hydrogens (tertiary/aromatic N) is 2. The average molecular weight is 399 g/mol. The summed E-state index contributed by atoms with van der Waals surface area (Å²) < 4.78 is 6.79. The lowest BCUT2D eigenvalue weighted by Gasteiger charge is -2.26. The standard InChI is InChI=1S/C20H19BrN2O2/c1-14(25-19-7-3-4-15(11-19)12-22)20(24)23(18-8-9-18)13-16-5-2-6-17(21)10-16/h2-7,10-11,14,18H,8-9,13H2,1H3. The molecular formula is C20H19BrN2O2. The third-order valence-corrected chi connectivity index (χ3v) is 4.63. The summed E-state index contributed by atoms with van der Waals surface area (Å²) in [6.07, 6.45) is 1.48. The first-order chi connectivity index (χ1) is 12.1. The highest BCUT2D eigenvalue weighted by Gasteiger charge is 2.35. The Morgan fingerprint density at radius 2 is 2.08 bits per heavy atom. The zero-order valence-electron chi connectivity index (χ0n) is 14.0. The van der Waals surface area contributed by atoms with E-state index in [1.54, 1.807) is 31.2 Å². The number of halogens is 1. The number of hydrogen-bond acceptors (Lipinski definition) is 3. The van der Waals surface area contributed by atoms with E-state index in [1.807, 2.05) is 29.2 Å². The van der Waals surface area contributed by atoms with Crippen LogP contribution in [0.2, 0.25) is 0 Å². The van der Waals surface area contributed by atoms with Crippen LogP contribution in [-0.2, 0) is 11.3 Å². The zero-order chi connectivity index (χ0) is 17.8. The lowest BCUT2D eigenvalue weighted by molar-refractivity contribution is -0.139. The molecule has 0 spiro atoms. The predicted molar refractivity (Wildman–Crippen MR) is 99.0 cm³/mol.